The molecule has 0 bridgehead atoms. The minimum atomic E-state index is -0.0619. The molecule has 0 saturated carbocycles. The van der Waals surface area contributed by atoms with E-state index in [9.17, 15) is 0 Å². The summed E-state index contributed by atoms with van der Waals surface area (Å²) in [7, 11) is 0. The molecule has 3 nitrogen and oxygen atoms in total. The van der Waals surface area contributed by atoms with Gasteiger partial charge >= 0.3 is 0 Å². The SMILES string of the molecule is CC1=C(C)/C=C\C2=C(/C=C\1)B1C3=C(\C=C/C(C)=C(C)\C=C/3)N3C4=C(\C=C/C(C)=C(C)\C=C/4)B4C5=C(\C=C/C(C)=C(C)\C=C/5)N5C6=C(\C=C/C(C)=C(C)\C=C/6)B6C7=C(\C=C/C(C)=C(C)\C=C/7)N2c2c1c3c4c5c26. The second-order valence-electron chi connectivity index (χ2n) is 21.8. The highest BCUT2D eigenvalue weighted by molar-refractivity contribution is 6.99. The van der Waals surface area contributed by atoms with E-state index >= 15 is 0 Å². The first-order valence-corrected chi connectivity index (χ1v) is 26.0. The predicted octanol–water partition coefficient (Wildman–Crippen LogP) is 13.8. The van der Waals surface area contributed by atoms with Gasteiger partial charge in [0.2, 0.25) is 0 Å². The molecule has 0 saturated heterocycles. The van der Waals surface area contributed by atoms with Crippen molar-refractivity contribution in [3.8, 4) is 0 Å². The maximum absolute atomic E-state index is 2.71. The van der Waals surface area contributed by atoms with Crippen molar-refractivity contribution < 1.29 is 0 Å². The zero-order valence-electron chi connectivity index (χ0n) is 43.9. The molecule has 6 heteroatoms. The lowest BCUT2D eigenvalue weighted by Crippen LogP contribution is -2.66. The van der Waals surface area contributed by atoms with Gasteiger partial charge in [0.1, 0.15) is 0 Å². The Morgan fingerprint density at radius 1 is 0.194 bits per heavy atom. The first-order chi connectivity index (χ1) is 34.7. The normalized spacial score (nSPS) is 33.7. The lowest BCUT2D eigenvalue weighted by Gasteiger charge is -2.56. The summed E-state index contributed by atoms with van der Waals surface area (Å²) in [4.78, 5) is 8.13. The van der Waals surface area contributed by atoms with Gasteiger partial charge in [-0.25, -0.2) is 0 Å². The summed E-state index contributed by atoms with van der Waals surface area (Å²) in [5.74, 6) is 0. The topological polar surface area (TPSA) is 9.72 Å². The van der Waals surface area contributed by atoms with Crippen LogP contribution in [-0.2, 0) is 0 Å². The van der Waals surface area contributed by atoms with Gasteiger partial charge in [0, 0.05) is 51.2 Å². The van der Waals surface area contributed by atoms with Gasteiger partial charge in [0.15, 0.2) is 0 Å². The van der Waals surface area contributed by atoms with Gasteiger partial charge in [0.05, 0.1) is 0 Å². The van der Waals surface area contributed by atoms with Crippen molar-refractivity contribution in [1.82, 2.24) is 0 Å². The molecule has 0 aromatic heterocycles. The first kappa shape index (κ1) is 44.5. The van der Waals surface area contributed by atoms with Crippen molar-refractivity contribution in [2.45, 2.75) is 83.1 Å². The number of allylic oxidation sites excluding steroid dienone is 42. The van der Waals surface area contributed by atoms with E-state index < -0.39 is 0 Å². The Bertz CT molecular complexity index is 2890. The molecule has 0 atom stereocenters. The molecule has 6 heterocycles. The molecule has 13 rings (SSSR count). The van der Waals surface area contributed by atoms with Gasteiger partial charge in [-0.2, -0.15) is 0 Å². The summed E-state index contributed by atoms with van der Waals surface area (Å²) in [5.41, 5.74) is 38.9. The van der Waals surface area contributed by atoms with Crippen LogP contribution >= 0.6 is 0 Å². The fourth-order valence-electron chi connectivity index (χ4n) is 12.7. The Kier molecular flexibility index (Phi) is 9.92. The van der Waals surface area contributed by atoms with Gasteiger partial charge in [0.25, 0.3) is 20.1 Å². The number of hydrogen-bond donors (Lipinski definition) is 0. The Balaban J connectivity index is 1.28. The first-order valence-electron chi connectivity index (χ1n) is 26.0. The van der Waals surface area contributed by atoms with Gasteiger partial charge in [-0.1, -0.05) is 109 Å². The van der Waals surface area contributed by atoms with Crippen LogP contribution in [0, 0.1) is 0 Å². The predicted molar refractivity (Wildman–Crippen MR) is 312 cm³/mol. The Morgan fingerprint density at radius 2 is 0.333 bits per heavy atom. The molecule has 6 aliphatic heterocycles. The zero-order valence-corrected chi connectivity index (χ0v) is 43.9. The smallest absolute Gasteiger partial charge is 0.252 e. The Labute approximate surface area is 428 Å². The fourth-order valence-corrected chi connectivity index (χ4v) is 12.7. The van der Waals surface area contributed by atoms with Crippen molar-refractivity contribution in [2.75, 3.05) is 14.7 Å². The van der Waals surface area contributed by atoms with Gasteiger partial charge in [-0.15, -0.1) is 0 Å². The molecule has 348 valence electrons. The number of anilines is 3. The van der Waals surface area contributed by atoms with Crippen LogP contribution in [0.3, 0.4) is 0 Å². The molecule has 0 fully saturated rings. The molecule has 0 N–H and O–H groups in total. The summed E-state index contributed by atoms with van der Waals surface area (Å²) < 4.78 is 0. The summed E-state index contributed by atoms with van der Waals surface area (Å²) >= 11 is 0. The standard InChI is InChI=1S/C66H60B3N3/c1-37-13-25-49-55(31-19-43(37)7)70-57-33-21-45(9)39(3)15-27-51(57)68-53-29-17-41(5)47(11)23-35-59(53)72-60-36-24-48(12)42(6)18-30-54(60)69-52-28-16-40(4)46(10)22-34-58(52)71-56-32-20-44(8)38(2)14-26-50(56)67(49)61-64(70)62(68)66(72)63(69)65(61)71/h13-36H,1-12H3/b25-13-,26-14-,27-15-,28-16-,29-17-,30-18-,31-19-,32-20-,33-21-,34-22-,35-23-,36-24-,37-13?,38-14?,39-15?,40-16?,41-17?,42-18?,43-19?,43-37-,44-20?,44-38-,45-21?,45-39-,46-22?,46-40-,47-23?,47-41-,48-24?,48-42-,49-25?,50-26?,51-27?,52-28?,53-29?,54-30?,55-31?,56-32?,57-33?,58-34?,59-35?,60-36?. The third-order valence-electron chi connectivity index (χ3n) is 17.9. The van der Waals surface area contributed by atoms with E-state index in [-0.39, 0.29) is 20.1 Å². The molecule has 0 unspecified atom stereocenters. The molecule has 0 spiro atoms. The average Bonchev–Trinajstić information content (AvgIpc) is 3.36. The summed E-state index contributed by atoms with van der Waals surface area (Å²) in [6.45, 7) is 26.9. The van der Waals surface area contributed by atoms with Crippen molar-refractivity contribution in [2.24, 2.45) is 0 Å². The number of benzene rings is 1. The lowest BCUT2D eigenvalue weighted by atomic mass is 9.24. The van der Waals surface area contributed by atoms with E-state index in [0.29, 0.717) is 0 Å². The molecule has 72 heavy (non-hydrogen) atoms. The van der Waals surface area contributed by atoms with E-state index in [2.05, 4.69) is 244 Å². The lowest BCUT2D eigenvalue weighted by molar-refractivity contribution is 1.06. The number of hydrogen-bond acceptors (Lipinski definition) is 3. The third kappa shape index (κ3) is 6.14. The molecular formula is C66H60B3N3. The number of nitrogens with zero attached hydrogens (tertiary/aromatic N) is 3. The van der Waals surface area contributed by atoms with Gasteiger partial charge < -0.3 is 14.7 Å². The molecule has 12 aliphatic rings. The highest BCUT2D eigenvalue weighted by Crippen LogP contribution is 2.55. The summed E-state index contributed by atoms with van der Waals surface area (Å²) in [5, 5.41) is 0. The van der Waals surface area contributed by atoms with Crippen LogP contribution in [-0.4, -0.2) is 20.1 Å². The minimum absolute atomic E-state index is 0.0619. The molecule has 0 amide bonds. The molecule has 1 aromatic rings. The van der Waals surface area contributed by atoms with Crippen molar-refractivity contribution >= 4 is 53.6 Å². The van der Waals surface area contributed by atoms with Crippen molar-refractivity contribution in [3.05, 3.63) is 280 Å². The van der Waals surface area contributed by atoms with Crippen LogP contribution in [0.1, 0.15) is 83.1 Å². The molecular weight excluding hydrogens is 867 g/mol. The second kappa shape index (κ2) is 16.0. The second-order valence-corrected chi connectivity index (χ2v) is 21.8. The highest BCUT2D eigenvalue weighted by Gasteiger charge is 2.58. The van der Waals surface area contributed by atoms with Gasteiger partial charge in [-0.05, 0) is 236 Å². The summed E-state index contributed by atoms with van der Waals surface area (Å²) in [6.07, 6.45) is 58.1. The van der Waals surface area contributed by atoms with Crippen LogP contribution < -0.4 is 31.1 Å². The Morgan fingerprint density at radius 3 is 0.486 bits per heavy atom. The number of fused-ring (bicyclic) bond motifs is 12. The van der Waals surface area contributed by atoms with Crippen molar-refractivity contribution in [3.63, 3.8) is 0 Å². The largest absolute Gasteiger partial charge is 0.312 e. The van der Waals surface area contributed by atoms with Crippen LogP contribution in [0.25, 0.3) is 0 Å². The van der Waals surface area contributed by atoms with Crippen LogP contribution in [0.5, 0.6) is 0 Å². The number of rotatable bonds is 0. The monoisotopic (exact) mass is 928 g/mol. The van der Waals surface area contributed by atoms with E-state index in [1.807, 2.05) is 0 Å². The molecule has 0 radical (unpaired) electrons. The maximum Gasteiger partial charge on any atom is 0.252 e. The van der Waals surface area contributed by atoms with E-state index in [1.165, 1.54) is 167 Å². The highest BCUT2D eigenvalue weighted by atomic mass is 15.2. The van der Waals surface area contributed by atoms with Crippen LogP contribution in [0.15, 0.2) is 280 Å². The summed E-state index contributed by atoms with van der Waals surface area (Å²) in [6, 6.07) is 0. The van der Waals surface area contributed by atoms with Crippen molar-refractivity contribution in [1.29, 1.82) is 0 Å². The minimum Gasteiger partial charge on any atom is -0.312 e. The molecule has 6 aliphatic carbocycles. The Hall–Kier alpha value is -7.43. The fraction of sp³-hybridized carbons (Fsp3) is 0.182. The van der Waals surface area contributed by atoms with Crippen LogP contribution in [0.2, 0.25) is 0 Å². The maximum atomic E-state index is 2.71. The molecule has 1 aromatic carbocycles. The quantitative estimate of drug-likeness (QED) is 0.240. The third-order valence-corrected chi connectivity index (χ3v) is 17.9. The van der Waals surface area contributed by atoms with Crippen LogP contribution in [0.4, 0.5) is 17.1 Å². The van der Waals surface area contributed by atoms with E-state index in [1.54, 1.807) is 0 Å². The van der Waals surface area contributed by atoms with Gasteiger partial charge in [-0.3, -0.25) is 0 Å². The van der Waals surface area contributed by atoms with E-state index in [0.717, 1.165) is 0 Å². The average molecular weight is 928 g/mol. The van der Waals surface area contributed by atoms with E-state index in [4.69, 9.17) is 0 Å². The zero-order chi connectivity index (χ0) is 49.8.